The highest BCUT2D eigenvalue weighted by Gasteiger charge is 2.32. The van der Waals surface area contributed by atoms with E-state index in [1.807, 2.05) is 13.8 Å². The van der Waals surface area contributed by atoms with E-state index in [9.17, 15) is 9.59 Å². The number of aliphatic hydroxyl groups is 2. The molecule has 0 saturated heterocycles. The van der Waals surface area contributed by atoms with Crippen LogP contribution in [0.1, 0.15) is 34.6 Å². The largest absolute Gasteiger partial charge is 0.396 e. The molecule has 0 aliphatic heterocycles. The quantitative estimate of drug-likeness (QED) is 0.829. The second-order valence-electron chi connectivity index (χ2n) is 4.01. The summed E-state index contributed by atoms with van der Waals surface area (Å²) >= 11 is 2.38. The van der Waals surface area contributed by atoms with Crippen molar-refractivity contribution in [3.63, 3.8) is 0 Å². The molecule has 1 aliphatic rings. The van der Waals surface area contributed by atoms with Gasteiger partial charge in [-0.25, -0.2) is 0 Å². The number of aliphatic hydroxyl groups excluding tert-OH is 2. The summed E-state index contributed by atoms with van der Waals surface area (Å²) in [6, 6.07) is 6.74. The topological polar surface area (TPSA) is 74.6 Å². The van der Waals surface area contributed by atoms with Gasteiger partial charge in [0, 0.05) is 22.6 Å². The Morgan fingerprint density at radius 2 is 1.18 bits per heavy atom. The van der Waals surface area contributed by atoms with Crippen molar-refractivity contribution in [1.29, 1.82) is 0 Å². The Kier molecular flexibility index (Phi) is 8.48. The molecule has 0 aromatic heterocycles. The van der Waals surface area contributed by atoms with Crippen LogP contribution in [0.4, 0.5) is 0 Å². The Bertz CT molecular complexity index is 518. The van der Waals surface area contributed by atoms with Crippen LogP contribution in [0.3, 0.4) is 0 Å². The van der Waals surface area contributed by atoms with Crippen molar-refractivity contribution in [3.8, 4) is 0 Å². The molecule has 2 rings (SSSR count). The van der Waals surface area contributed by atoms with E-state index >= 15 is 0 Å². The lowest BCUT2D eigenvalue weighted by atomic mass is 9.94. The van der Waals surface area contributed by atoms with Crippen molar-refractivity contribution in [1.82, 2.24) is 0 Å². The SMILES string of the molecule is CC.O=C1C(SCCO)=C(SCCO)C(=O)c2ccccc21. The molecule has 0 spiro atoms. The van der Waals surface area contributed by atoms with E-state index in [4.69, 9.17) is 10.2 Å². The normalized spacial score (nSPS) is 13.6. The van der Waals surface area contributed by atoms with Crippen LogP contribution < -0.4 is 0 Å². The minimum Gasteiger partial charge on any atom is -0.396 e. The monoisotopic (exact) mass is 340 g/mol. The van der Waals surface area contributed by atoms with Gasteiger partial charge in [-0.3, -0.25) is 9.59 Å². The van der Waals surface area contributed by atoms with E-state index in [1.165, 1.54) is 23.5 Å². The lowest BCUT2D eigenvalue weighted by molar-refractivity contribution is 0.0988. The fraction of sp³-hybridized carbons (Fsp3) is 0.375. The smallest absolute Gasteiger partial charge is 0.201 e. The van der Waals surface area contributed by atoms with Gasteiger partial charge in [-0.2, -0.15) is 0 Å². The van der Waals surface area contributed by atoms with Crippen molar-refractivity contribution >= 4 is 35.1 Å². The Labute approximate surface area is 139 Å². The van der Waals surface area contributed by atoms with Crippen LogP contribution in [0, 0.1) is 0 Å². The number of ketones is 2. The molecular weight excluding hydrogens is 320 g/mol. The molecule has 120 valence electrons. The predicted octanol–water partition coefficient (Wildman–Crippen LogP) is 2.75. The summed E-state index contributed by atoms with van der Waals surface area (Å²) in [4.78, 5) is 25.7. The Morgan fingerprint density at radius 1 is 0.818 bits per heavy atom. The molecule has 0 amide bonds. The number of hydrogen-bond acceptors (Lipinski definition) is 6. The van der Waals surface area contributed by atoms with Gasteiger partial charge in [-0.15, -0.1) is 23.5 Å². The van der Waals surface area contributed by atoms with Crippen LogP contribution in [-0.4, -0.2) is 46.5 Å². The molecule has 0 saturated carbocycles. The van der Waals surface area contributed by atoms with E-state index < -0.39 is 0 Å². The Morgan fingerprint density at radius 3 is 1.50 bits per heavy atom. The molecular formula is C16H20O4S2. The zero-order valence-corrected chi connectivity index (χ0v) is 14.3. The highest BCUT2D eigenvalue weighted by molar-refractivity contribution is 8.08. The fourth-order valence-electron chi connectivity index (χ4n) is 1.89. The maximum atomic E-state index is 12.5. The first-order valence-corrected chi connectivity index (χ1v) is 9.07. The number of thioether (sulfide) groups is 2. The molecule has 0 fully saturated rings. The number of fused-ring (bicyclic) bond motifs is 1. The number of allylic oxidation sites excluding steroid dienone is 2. The van der Waals surface area contributed by atoms with Gasteiger partial charge in [0.05, 0.1) is 23.0 Å². The van der Waals surface area contributed by atoms with Gasteiger partial charge in [-0.05, 0) is 0 Å². The zero-order valence-electron chi connectivity index (χ0n) is 12.7. The summed E-state index contributed by atoms with van der Waals surface area (Å²) in [6.45, 7) is 3.88. The predicted molar refractivity (Wildman–Crippen MR) is 92.6 cm³/mol. The highest BCUT2D eigenvalue weighted by Crippen LogP contribution is 2.37. The lowest BCUT2D eigenvalue weighted by Crippen LogP contribution is -2.20. The van der Waals surface area contributed by atoms with Crippen LogP contribution in [0.25, 0.3) is 0 Å². The van der Waals surface area contributed by atoms with Gasteiger partial charge in [0.25, 0.3) is 0 Å². The third-order valence-electron chi connectivity index (χ3n) is 2.71. The van der Waals surface area contributed by atoms with Gasteiger partial charge in [-0.1, -0.05) is 38.1 Å². The summed E-state index contributed by atoms with van der Waals surface area (Å²) in [5.74, 6) is 0.359. The van der Waals surface area contributed by atoms with E-state index in [0.717, 1.165) is 0 Å². The second-order valence-corrected chi connectivity index (χ2v) is 6.22. The second kappa shape index (κ2) is 9.84. The van der Waals surface area contributed by atoms with Gasteiger partial charge in [0.2, 0.25) is 11.6 Å². The number of Topliss-reactive ketones (excluding diaryl/α,β-unsaturated/α-hetero) is 2. The van der Waals surface area contributed by atoms with Crippen LogP contribution >= 0.6 is 23.5 Å². The first-order chi connectivity index (χ1) is 10.7. The third kappa shape index (κ3) is 4.23. The Hall–Kier alpha value is -1.08. The fourth-order valence-corrected chi connectivity index (χ4v) is 3.76. The number of carbonyl (C=O) groups is 2. The molecule has 0 heterocycles. The zero-order chi connectivity index (χ0) is 16.5. The van der Waals surface area contributed by atoms with E-state index in [0.29, 0.717) is 32.4 Å². The van der Waals surface area contributed by atoms with E-state index in [1.54, 1.807) is 24.3 Å². The van der Waals surface area contributed by atoms with Crippen LogP contribution in [0.2, 0.25) is 0 Å². The minimum atomic E-state index is -0.181. The van der Waals surface area contributed by atoms with Crippen LogP contribution in [0.15, 0.2) is 34.1 Å². The van der Waals surface area contributed by atoms with Crippen molar-refractivity contribution in [2.45, 2.75) is 13.8 Å². The molecule has 4 nitrogen and oxygen atoms in total. The molecule has 2 N–H and O–H groups in total. The van der Waals surface area contributed by atoms with Crippen molar-refractivity contribution < 1.29 is 19.8 Å². The van der Waals surface area contributed by atoms with Gasteiger partial charge in [0.15, 0.2) is 0 Å². The van der Waals surface area contributed by atoms with Gasteiger partial charge in [0.1, 0.15) is 0 Å². The van der Waals surface area contributed by atoms with Crippen molar-refractivity contribution in [2.24, 2.45) is 0 Å². The first kappa shape index (κ1) is 19.0. The molecule has 6 heteroatoms. The number of carbonyl (C=O) groups excluding carboxylic acids is 2. The maximum Gasteiger partial charge on any atom is 0.201 e. The summed E-state index contributed by atoms with van der Waals surface area (Å²) in [7, 11) is 0. The lowest BCUT2D eigenvalue weighted by Gasteiger charge is -2.19. The maximum absolute atomic E-state index is 12.5. The number of hydrogen-bond donors (Lipinski definition) is 2. The number of benzene rings is 1. The molecule has 1 aromatic carbocycles. The van der Waals surface area contributed by atoms with Crippen LogP contribution in [-0.2, 0) is 0 Å². The van der Waals surface area contributed by atoms with Gasteiger partial charge >= 0.3 is 0 Å². The third-order valence-corrected chi connectivity index (χ3v) is 4.97. The van der Waals surface area contributed by atoms with Crippen LogP contribution in [0.5, 0.6) is 0 Å². The van der Waals surface area contributed by atoms with Crippen molar-refractivity contribution in [2.75, 3.05) is 24.7 Å². The summed E-state index contributed by atoms with van der Waals surface area (Å²) < 4.78 is 0. The summed E-state index contributed by atoms with van der Waals surface area (Å²) in [5, 5.41) is 17.8. The highest BCUT2D eigenvalue weighted by atomic mass is 32.2. The molecule has 0 unspecified atom stereocenters. The number of rotatable bonds is 6. The minimum absolute atomic E-state index is 0.0603. The van der Waals surface area contributed by atoms with E-state index in [-0.39, 0.29) is 24.8 Å². The molecule has 22 heavy (non-hydrogen) atoms. The first-order valence-electron chi connectivity index (χ1n) is 7.10. The summed E-state index contributed by atoms with van der Waals surface area (Å²) in [6.07, 6.45) is 0. The summed E-state index contributed by atoms with van der Waals surface area (Å²) in [5.41, 5.74) is 0.817. The average Bonchev–Trinajstić information content (AvgIpc) is 2.57. The van der Waals surface area contributed by atoms with Gasteiger partial charge < -0.3 is 10.2 Å². The van der Waals surface area contributed by atoms with Crippen molar-refractivity contribution in [3.05, 3.63) is 45.2 Å². The average molecular weight is 340 g/mol. The Balaban J connectivity index is 0.00000116. The molecule has 0 bridgehead atoms. The molecule has 1 aromatic rings. The molecule has 1 aliphatic carbocycles. The van der Waals surface area contributed by atoms with E-state index in [2.05, 4.69) is 0 Å². The molecule has 0 atom stereocenters. The standard InChI is InChI=1S/C14H14O4S2.C2H6/c15-5-7-19-13-11(17)9-3-1-2-4-10(9)12(18)14(13)20-8-6-16;1-2/h1-4,15-16H,5-8H2;1-2H3. The molecule has 0 radical (unpaired) electrons.